The van der Waals surface area contributed by atoms with E-state index in [1.54, 1.807) is 30.3 Å². The number of halogens is 2. The van der Waals surface area contributed by atoms with Crippen LogP contribution in [0.1, 0.15) is 35.4 Å². The molecule has 0 spiro atoms. The van der Waals surface area contributed by atoms with E-state index >= 15 is 0 Å². The lowest BCUT2D eigenvalue weighted by Gasteiger charge is -2.29. The van der Waals surface area contributed by atoms with Crippen LogP contribution in [0.5, 0.6) is 0 Å². The topological polar surface area (TPSA) is 37.9 Å². The van der Waals surface area contributed by atoms with E-state index < -0.39 is 11.5 Å². The number of aryl methyl sites for hydroxylation is 1. The number of benzene rings is 1. The van der Waals surface area contributed by atoms with Gasteiger partial charge in [-0.3, -0.25) is 5.10 Å². The molecule has 1 aliphatic rings. The minimum absolute atomic E-state index is 0.271. The van der Waals surface area contributed by atoms with Gasteiger partial charge in [0.15, 0.2) is 5.83 Å². The maximum absolute atomic E-state index is 14.8. The number of H-pyrrole nitrogens is 1. The summed E-state index contributed by atoms with van der Waals surface area (Å²) in [6.45, 7) is 2.68. The molecule has 0 radical (unpaired) electrons. The highest BCUT2D eigenvalue weighted by molar-refractivity contribution is 5.75. The number of aromatic amines is 1. The number of ether oxygens (including phenoxy) is 1. The molecule has 5 heteroatoms. The third-order valence-corrected chi connectivity index (χ3v) is 3.96. The van der Waals surface area contributed by atoms with Crippen molar-refractivity contribution in [3.05, 3.63) is 52.8 Å². The Morgan fingerprint density at radius 3 is 2.55 bits per heavy atom. The number of nitrogens with zero attached hydrogens (tertiary/aromatic N) is 1. The van der Waals surface area contributed by atoms with E-state index in [-0.39, 0.29) is 5.69 Å². The number of rotatable bonds is 3. The molecule has 0 atom stereocenters. The fraction of sp³-hybridized carbons (Fsp3) is 0.353. The maximum Gasteiger partial charge on any atom is 0.151 e. The van der Waals surface area contributed by atoms with E-state index in [1.807, 2.05) is 6.92 Å². The standard InChI is InChI=1S/C17H18F2N2O/c1-12-10-16(21-20-12)15(18)11-13-2-4-14(5-3-13)17(19)6-8-22-9-7-17/h2-5,10-11H,6-9H2,1H3,(H,20,21)/b15-11-. The summed E-state index contributed by atoms with van der Waals surface area (Å²) < 4.78 is 34.0. The minimum atomic E-state index is -1.33. The molecule has 22 heavy (non-hydrogen) atoms. The van der Waals surface area contributed by atoms with E-state index in [0.29, 0.717) is 37.2 Å². The van der Waals surface area contributed by atoms with Gasteiger partial charge in [0.05, 0.1) is 0 Å². The predicted molar refractivity (Wildman–Crippen MR) is 81.6 cm³/mol. The minimum Gasteiger partial charge on any atom is -0.381 e. The van der Waals surface area contributed by atoms with Crippen molar-refractivity contribution in [2.24, 2.45) is 0 Å². The molecular weight excluding hydrogens is 286 g/mol. The van der Waals surface area contributed by atoms with Crippen LogP contribution in [0.2, 0.25) is 0 Å². The van der Waals surface area contributed by atoms with Gasteiger partial charge < -0.3 is 4.74 Å². The summed E-state index contributed by atoms with van der Waals surface area (Å²) in [6, 6.07) is 8.54. The van der Waals surface area contributed by atoms with Crippen molar-refractivity contribution in [2.75, 3.05) is 13.2 Å². The summed E-state index contributed by atoms with van der Waals surface area (Å²) in [5.41, 5.74) is 1.04. The molecule has 2 heterocycles. The second kappa shape index (κ2) is 6.01. The van der Waals surface area contributed by atoms with Crippen LogP contribution in [0, 0.1) is 6.92 Å². The largest absolute Gasteiger partial charge is 0.381 e. The normalized spacial score (nSPS) is 18.4. The number of alkyl halides is 1. The molecule has 1 N–H and O–H groups in total. The van der Waals surface area contributed by atoms with Gasteiger partial charge in [-0.1, -0.05) is 24.3 Å². The second-order valence-corrected chi connectivity index (χ2v) is 5.63. The van der Waals surface area contributed by atoms with Gasteiger partial charge in [0.2, 0.25) is 0 Å². The third kappa shape index (κ3) is 3.09. The van der Waals surface area contributed by atoms with Crippen molar-refractivity contribution in [1.29, 1.82) is 0 Å². The first-order valence-electron chi connectivity index (χ1n) is 7.34. The van der Waals surface area contributed by atoms with Crippen molar-refractivity contribution < 1.29 is 13.5 Å². The average molecular weight is 304 g/mol. The van der Waals surface area contributed by atoms with Crippen LogP contribution >= 0.6 is 0 Å². The number of aromatic nitrogens is 2. The van der Waals surface area contributed by atoms with Gasteiger partial charge >= 0.3 is 0 Å². The Kier molecular flexibility index (Phi) is 4.07. The molecule has 1 fully saturated rings. The molecule has 1 aromatic heterocycles. The number of nitrogens with one attached hydrogen (secondary N) is 1. The van der Waals surface area contributed by atoms with E-state index in [9.17, 15) is 8.78 Å². The van der Waals surface area contributed by atoms with Crippen LogP contribution in [0.4, 0.5) is 8.78 Å². The molecule has 0 aliphatic carbocycles. The quantitative estimate of drug-likeness (QED) is 0.924. The summed E-state index contributed by atoms with van der Waals surface area (Å²) >= 11 is 0. The molecule has 0 unspecified atom stereocenters. The van der Waals surface area contributed by atoms with Crippen LogP contribution < -0.4 is 0 Å². The summed E-state index contributed by atoms with van der Waals surface area (Å²) in [6.07, 6.45) is 2.13. The van der Waals surface area contributed by atoms with E-state index in [0.717, 1.165) is 5.69 Å². The smallest absolute Gasteiger partial charge is 0.151 e. The maximum atomic E-state index is 14.8. The SMILES string of the molecule is Cc1cc(/C(F)=C/c2ccc(C3(F)CCOCC3)cc2)n[nH]1. The van der Waals surface area contributed by atoms with E-state index in [2.05, 4.69) is 10.2 Å². The molecule has 2 aromatic rings. The Labute approximate surface area is 128 Å². The first-order valence-corrected chi connectivity index (χ1v) is 7.34. The highest BCUT2D eigenvalue weighted by atomic mass is 19.1. The first-order chi connectivity index (χ1) is 10.6. The Balaban J connectivity index is 1.79. The Bertz CT molecular complexity index is 670. The molecule has 1 saturated heterocycles. The van der Waals surface area contributed by atoms with Gasteiger partial charge in [-0.05, 0) is 30.2 Å². The molecule has 1 aliphatic heterocycles. The summed E-state index contributed by atoms with van der Waals surface area (Å²) in [4.78, 5) is 0. The molecule has 116 valence electrons. The summed E-state index contributed by atoms with van der Waals surface area (Å²) in [5.74, 6) is -0.418. The average Bonchev–Trinajstić information content (AvgIpc) is 2.95. The van der Waals surface area contributed by atoms with Crippen molar-refractivity contribution in [3.8, 4) is 0 Å². The zero-order chi connectivity index (χ0) is 15.6. The highest BCUT2D eigenvalue weighted by Gasteiger charge is 2.33. The van der Waals surface area contributed by atoms with Gasteiger partial charge in [-0.15, -0.1) is 0 Å². The highest BCUT2D eigenvalue weighted by Crippen LogP contribution is 2.36. The van der Waals surface area contributed by atoms with E-state index in [4.69, 9.17) is 4.74 Å². The molecule has 0 saturated carbocycles. The van der Waals surface area contributed by atoms with Crippen LogP contribution in [0.3, 0.4) is 0 Å². The summed E-state index contributed by atoms with van der Waals surface area (Å²) in [7, 11) is 0. The van der Waals surface area contributed by atoms with Gasteiger partial charge in [-0.25, -0.2) is 8.78 Å². The fourth-order valence-electron chi connectivity index (χ4n) is 2.62. The van der Waals surface area contributed by atoms with Crippen molar-refractivity contribution in [1.82, 2.24) is 10.2 Å². The Morgan fingerprint density at radius 1 is 1.27 bits per heavy atom. The summed E-state index contributed by atoms with van der Waals surface area (Å²) in [5, 5.41) is 6.57. The van der Waals surface area contributed by atoms with Gasteiger partial charge in [0.25, 0.3) is 0 Å². The van der Waals surface area contributed by atoms with Crippen LogP contribution in [0.25, 0.3) is 11.9 Å². The Hall–Kier alpha value is -2.01. The first kappa shape index (κ1) is 14.9. The fourth-order valence-corrected chi connectivity index (χ4v) is 2.62. The molecule has 3 rings (SSSR count). The van der Waals surface area contributed by atoms with Crippen LogP contribution in [0.15, 0.2) is 30.3 Å². The van der Waals surface area contributed by atoms with E-state index in [1.165, 1.54) is 6.08 Å². The lowest BCUT2D eigenvalue weighted by atomic mass is 9.88. The Morgan fingerprint density at radius 2 is 1.95 bits per heavy atom. The molecule has 0 amide bonds. The van der Waals surface area contributed by atoms with Gasteiger partial charge in [-0.2, -0.15) is 5.10 Å². The molecule has 3 nitrogen and oxygen atoms in total. The zero-order valence-electron chi connectivity index (χ0n) is 12.4. The third-order valence-electron chi connectivity index (χ3n) is 3.96. The van der Waals surface area contributed by atoms with Crippen LogP contribution in [-0.4, -0.2) is 23.4 Å². The number of hydrogen-bond donors (Lipinski definition) is 1. The van der Waals surface area contributed by atoms with Gasteiger partial charge in [0, 0.05) is 31.7 Å². The van der Waals surface area contributed by atoms with Gasteiger partial charge in [0.1, 0.15) is 11.4 Å². The zero-order valence-corrected chi connectivity index (χ0v) is 12.4. The molecular formula is C17H18F2N2O. The lowest BCUT2D eigenvalue weighted by Crippen LogP contribution is -2.29. The second-order valence-electron chi connectivity index (χ2n) is 5.63. The van der Waals surface area contributed by atoms with Crippen molar-refractivity contribution >= 4 is 11.9 Å². The monoisotopic (exact) mass is 304 g/mol. The molecule has 0 bridgehead atoms. The van der Waals surface area contributed by atoms with Crippen molar-refractivity contribution in [2.45, 2.75) is 25.4 Å². The predicted octanol–water partition coefficient (Wildman–Crippen LogP) is 4.16. The molecule has 1 aromatic carbocycles. The lowest BCUT2D eigenvalue weighted by molar-refractivity contribution is -0.0114. The van der Waals surface area contributed by atoms with Crippen molar-refractivity contribution in [3.63, 3.8) is 0 Å². The number of hydrogen-bond acceptors (Lipinski definition) is 2. The van der Waals surface area contributed by atoms with Crippen LogP contribution in [-0.2, 0) is 10.4 Å².